The maximum absolute atomic E-state index is 12.5. The zero-order chi connectivity index (χ0) is 16.4. The Morgan fingerprint density at radius 2 is 1.96 bits per heavy atom. The molecule has 0 unspecified atom stereocenters. The second-order valence-corrected chi connectivity index (χ2v) is 6.50. The van der Waals surface area contributed by atoms with Crippen molar-refractivity contribution in [2.24, 2.45) is 0 Å². The number of carbonyl (C=O) groups excluding carboxylic acids is 1. The summed E-state index contributed by atoms with van der Waals surface area (Å²) in [5, 5.41) is 11.4. The van der Waals surface area contributed by atoms with Gasteiger partial charge in [0.2, 0.25) is 0 Å². The Hall–Kier alpha value is -2.28. The van der Waals surface area contributed by atoms with Crippen LogP contribution in [0.3, 0.4) is 0 Å². The van der Waals surface area contributed by atoms with Gasteiger partial charge in [0, 0.05) is 30.1 Å². The number of piperidine rings is 1. The number of aromatic nitrogens is 2. The molecule has 0 aliphatic carbocycles. The highest BCUT2D eigenvalue weighted by Gasteiger charge is 2.27. The van der Waals surface area contributed by atoms with Crippen molar-refractivity contribution in [2.45, 2.75) is 25.7 Å². The summed E-state index contributed by atoms with van der Waals surface area (Å²) in [6.45, 7) is 3.15. The zero-order valence-electron chi connectivity index (χ0n) is 12.7. The first kappa shape index (κ1) is 15.6. The number of rotatable bonds is 3. The van der Waals surface area contributed by atoms with Crippen LogP contribution in [0, 0.1) is 6.92 Å². The lowest BCUT2D eigenvalue weighted by molar-refractivity contribution is 0.0690. The summed E-state index contributed by atoms with van der Waals surface area (Å²) in [5.74, 6) is -0.814. The van der Waals surface area contributed by atoms with E-state index in [1.54, 1.807) is 11.4 Å². The van der Waals surface area contributed by atoms with Crippen molar-refractivity contribution in [3.05, 3.63) is 45.7 Å². The van der Waals surface area contributed by atoms with E-state index in [0.717, 1.165) is 23.5 Å². The van der Waals surface area contributed by atoms with Gasteiger partial charge in [-0.25, -0.2) is 14.8 Å². The number of aromatic carboxylic acids is 1. The van der Waals surface area contributed by atoms with Crippen LogP contribution in [0.1, 0.15) is 50.4 Å². The van der Waals surface area contributed by atoms with E-state index in [1.807, 2.05) is 24.0 Å². The van der Waals surface area contributed by atoms with Crippen LogP contribution in [0.25, 0.3) is 0 Å². The molecule has 2 aromatic rings. The molecule has 0 radical (unpaired) electrons. The molecule has 0 saturated carbocycles. The van der Waals surface area contributed by atoms with E-state index in [-0.39, 0.29) is 17.5 Å². The second kappa shape index (κ2) is 6.45. The lowest BCUT2D eigenvalue weighted by Crippen LogP contribution is -2.38. The number of carboxylic acid groups (broad SMARTS) is 1. The minimum atomic E-state index is -0.995. The maximum Gasteiger partial charge on any atom is 0.355 e. The van der Waals surface area contributed by atoms with E-state index in [1.165, 1.54) is 11.3 Å². The van der Waals surface area contributed by atoms with E-state index in [0.29, 0.717) is 18.8 Å². The lowest BCUT2D eigenvalue weighted by Gasteiger charge is -2.30. The SMILES string of the molecule is Cc1cccc(C(=O)N2CCC(c3nc(C(=O)O)cs3)CC2)n1. The summed E-state index contributed by atoms with van der Waals surface area (Å²) in [6.07, 6.45) is 1.59. The fourth-order valence-electron chi connectivity index (χ4n) is 2.73. The van der Waals surface area contributed by atoms with Gasteiger partial charge in [0.15, 0.2) is 5.69 Å². The molecule has 7 heteroatoms. The lowest BCUT2D eigenvalue weighted by atomic mass is 9.97. The molecule has 3 rings (SSSR count). The number of aryl methyl sites for hydroxylation is 1. The Balaban J connectivity index is 1.63. The number of hydrogen-bond acceptors (Lipinski definition) is 5. The van der Waals surface area contributed by atoms with E-state index in [2.05, 4.69) is 9.97 Å². The molecule has 3 heterocycles. The van der Waals surface area contributed by atoms with Crippen molar-refractivity contribution in [1.82, 2.24) is 14.9 Å². The monoisotopic (exact) mass is 331 g/mol. The van der Waals surface area contributed by atoms with Crippen LogP contribution >= 0.6 is 11.3 Å². The first-order valence-electron chi connectivity index (χ1n) is 7.46. The third-order valence-corrected chi connectivity index (χ3v) is 4.99. The summed E-state index contributed by atoms with van der Waals surface area (Å²) in [5.41, 5.74) is 1.41. The van der Waals surface area contributed by atoms with Gasteiger partial charge >= 0.3 is 5.97 Å². The van der Waals surface area contributed by atoms with E-state index in [4.69, 9.17) is 5.11 Å². The van der Waals surface area contributed by atoms with Crippen molar-refractivity contribution in [3.8, 4) is 0 Å². The molecule has 0 bridgehead atoms. The molecule has 23 heavy (non-hydrogen) atoms. The standard InChI is InChI=1S/C16H17N3O3S/c1-10-3-2-4-12(17-10)15(20)19-7-5-11(6-8-19)14-18-13(9-23-14)16(21)22/h2-4,9,11H,5-8H2,1H3,(H,21,22). The molecule has 0 aromatic carbocycles. The van der Waals surface area contributed by atoms with Crippen LogP contribution in [0.4, 0.5) is 0 Å². The Morgan fingerprint density at radius 1 is 1.22 bits per heavy atom. The average Bonchev–Trinajstić information content (AvgIpc) is 3.04. The molecular formula is C16H17N3O3S. The number of pyridine rings is 1. The van der Waals surface area contributed by atoms with Crippen LogP contribution < -0.4 is 0 Å². The summed E-state index contributed by atoms with van der Waals surface area (Å²) in [7, 11) is 0. The van der Waals surface area contributed by atoms with Crippen LogP contribution in [-0.2, 0) is 0 Å². The van der Waals surface area contributed by atoms with E-state index in [9.17, 15) is 9.59 Å². The zero-order valence-corrected chi connectivity index (χ0v) is 13.5. The molecule has 2 aromatic heterocycles. The van der Waals surface area contributed by atoms with Crippen molar-refractivity contribution in [3.63, 3.8) is 0 Å². The fraction of sp³-hybridized carbons (Fsp3) is 0.375. The Kier molecular flexibility index (Phi) is 4.38. The van der Waals surface area contributed by atoms with Gasteiger partial charge in [-0.05, 0) is 31.9 Å². The molecule has 1 saturated heterocycles. The third-order valence-electron chi connectivity index (χ3n) is 3.98. The summed E-state index contributed by atoms with van der Waals surface area (Å²) < 4.78 is 0. The fourth-order valence-corrected chi connectivity index (χ4v) is 3.69. The van der Waals surface area contributed by atoms with Crippen molar-refractivity contribution in [2.75, 3.05) is 13.1 Å². The van der Waals surface area contributed by atoms with Gasteiger partial charge in [0.25, 0.3) is 5.91 Å². The summed E-state index contributed by atoms with van der Waals surface area (Å²) in [4.78, 5) is 33.6. The number of likely N-dealkylation sites (tertiary alicyclic amines) is 1. The predicted octanol–water partition coefficient (Wildman–Crippen LogP) is 2.56. The molecule has 0 spiro atoms. The smallest absolute Gasteiger partial charge is 0.355 e. The Morgan fingerprint density at radius 3 is 2.57 bits per heavy atom. The van der Waals surface area contributed by atoms with Gasteiger partial charge in [-0.1, -0.05) is 6.07 Å². The number of thiazole rings is 1. The van der Waals surface area contributed by atoms with Gasteiger partial charge in [0.05, 0.1) is 5.01 Å². The number of nitrogens with zero attached hydrogens (tertiary/aromatic N) is 3. The summed E-state index contributed by atoms with van der Waals surface area (Å²) >= 11 is 1.38. The topological polar surface area (TPSA) is 83.4 Å². The number of amides is 1. The minimum Gasteiger partial charge on any atom is -0.476 e. The molecule has 0 atom stereocenters. The highest BCUT2D eigenvalue weighted by atomic mass is 32.1. The van der Waals surface area contributed by atoms with Crippen molar-refractivity contribution in [1.29, 1.82) is 0 Å². The molecular weight excluding hydrogens is 314 g/mol. The molecule has 1 fully saturated rings. The van der Waals surface area contributed by atoms with E-state index < -0.39 is 5.97 Å². The number of carboxylic acids is 1. The number of hydrogen-bond donors (Lipinski definition) is 1. The molecule has 6 nitrogen and oxygen atoms in total. The van der Waals surface area contributed by atoms with Gasteiger partial charge in [-0.15, -0.1) is 11.3 Å². The molecule has 1 amide bonds. The quantitative estimate of drug-likeness (QED) is 0.934. The van der Waals surface area contributed by atoms with Crippen molar-refractivity contribution < 1.29 is 14.7 Å². The normalized spacial score (nSPS) is 15.6. The molecule has 1 aliphatic rings. The Labute approximate surface area is 137 Å². The van der Waals surface area contributed by atoms with Crippen LogP contribution in [0.2, 0.25) is 0 Å². The number of carbonyl (C=O) groups is 2. The first-order chi connectivity index (χ1) is 11.0. The van der Waals surface area contributed by atoms with E-state index >= 15 is 0 Å². The van der Waals surface area contributed by atoms with Gasteiger partial charge in [0.1, 0.15) is 5.69 Å². The van der Waals surface area contributed by atoms with Gasteiger partial charge < -0.3 is 10.0 Å². The predicted molar refractivity (Wildman–Crippen MR) is 85.9 cm³/mol. The largest absolute Gasteiger partial charge is 0.476 e. The molecule has 1 N–H and O–H groups in total. The molecule has 1 aliphatic heterocycles. The summed E-state index contributed by atoms with van der Waals surface area (Å²) in [6, 6.07) is 5.44. The first-order valence-corrected chi connectivity index (χ1v) is 8.34. The minimum absolute atomic E-state index is 0.0440. The van der Waals surface area contributed by atoms with Gasteiger partial charge in [-0.2, -0.15) is 0 Å². The van der Waals surface area contributed by atoms with Crippen LogP contribution in [0.5, 0.6) is 0 Å². The van der Waals surface area contributed by atoms with Crippen LogP contribution in [-0.4, -0.2) is 44.9 Å². The van der Waals surface area contributed by atoms with Crippen LogP contribution in [0.15, 0.2) is 23.6 Å². The third kappa shape index (κ3) is 3.39. The van der Waals surface area contributed by atoms with Gasteiger partial charge in [-0.3, -0.25) is 4.79 Å². The maximum atomic E-state index is 12.5. The second-order valence-electron chi connectivity index (χ2n) is 5.61. The Bertz CT molecular complexity index is 736. The molecule has 120 valence electrons. The highest BCUT2D eigenvalue weighted by molar-refractivity contribution is 7.09. The highest BCUT2D eigenvalue weighted by Crippen LogP contribution is 2.30. The average molecular weight is 331 g/mol. The van der Waals surface area contributed by atoms with Crippen molar-refractivity contribution >= 4 is 23.2 Å².